The Balaban J connectivity index is 1.89. The van der Waals surface area contributed by atoms with Crippen molar-refractivity contribution in [1.29, 1.82) is 0 Å². The molecule has 1 fully saturated rings. The van der Waals surface area contributed by atoms with Gasteiger partial charge in [-0.25, -0.2) is 0 Å². The minimum atomic E-state index is -0.419. The Labute approximate surface area is 141 Å². The smallest absolute Gasteiger partial charge is 0.304 e. The number of esters is 1. The zero-order valence-corrected chi connectivity index (χ0v) is 14.2. The Morgan fingerprint density at radius 1 is 1.33 bits per heavy atom. The summed E-state index contributed by atoms with van der Waals surface area (Å²) in [5.41, 5.74) is 2.64. The molecule has 2 aromatic rings. The third kappa shape index (κ3) is 3.27. The summed E-state index contributed by atoms with van der Waals surface area (Å²) < 4.78 is 6.86. The number of fused-ring (bicyclic) bond motifs is 1. The average Bonchev–Trinajstić information content (AvgIpc) is 3.20. The summed E-state index contributed by atoms with van der Waals surface area (Å²) in [6.07, 6.45) is 5.62. The molecule has 0 spiro atoms. The van der Waals surface area contributed by atoms with Crippen molar-refractivity contribution in [2.75, 3.05) is 6.73 Å². The van der Waals surface area contributed by atoms with Crippen LogP contribution in [0.15, 0.2) is 18.2 Å². The first-order chi connectivity index (χ1) is 11.6. The largest absolute Gasteiger partial charge is 0.445 e. The lowest BCUT2D eigenvalue weighted by atomic mass is 10.1. The molecule has 3 rings (SSSR count). The lowest BCUT2D eigenvalue weighted by molar-refractivity contribution is -0.141. The molecular formula is C18H23N3O3. The number of aromatic nitrogens is 2. The van der Waals surface area contributed by atoms with Crippen LogP contribution in [0.5, 0.6) is 0 Å². The molecule has 0 atom stereocenters. The van der Waals surface area contributed by atoms with Crippen LogP contribution in [-0.2, 0) is 16.0 Å². The molecule has 1 aliphatic rings. The van der Waals surface area contributed by atoms with Crippen LogP contribution in [-0.4, -0.2) is 28.4 Å². The van der Waals surface area contributed by atoms with Gasteiger partial charge in [0.25, 0.3) is 5.91 Å². The molecule has 24 heavy (non-hydrogen) atoms. The van der Waals surface area contributed by atoms with Gasteiger partial charge in [0.2, 0.25) is 0 Å². The van der Waals surface area contributed by atoms with Crippen molar-refractivity contribution in [2.45, 2.75) is 52.0 Å². The molecule has 128 valence electrons. The number of ether oxygens (including phenoxy) is 1. The second-order valence-electron chi connectivity index (χ2n) is 6.20. The Hall–Kier alpha value is -2.37. The summed E-state index contributed by atoms with van der Waals surface area (Å²) in [6.45, 7) is 3.29. The number of aryl methyl sites for hydroxylation is 1. The van der Waals surface area contributed by atoms with Gasteiger partial charge in [-0.3, -0.25) is 14.3 Å². The van der Waals surface area contributed by atoms with E-state index in [1.807, 2.05) is 12.1 Å². The maximum atomic E-state index is 12.2. The average molecular weight is 329 g/mol. The van der Waals surface area contributed by atoms with E-state index in [4.69, 9.17) is 9.84 Å². The maximum Gasteiger partial charge on any atom is 0.304 e. The first-order valence-electron chi connectivity index (χ1n) is 8.53. The summed E-state index contributed by atoms with van der Waals surface area (Å²) in [6, 6.07) is 6.08. The summed E-state index contributed by atoms with van der Waals surface area (Å²) in [5, 5.41) is 8.50. The number of rotatable bonds is 5. The Morgan fingerprint density at radius 2 is 2.08 bits per heavy atom. The van der Waals surface area contributed by atoms with Crippen LogP contribution in [0.2, 0.25) is 0 Å². The standard InChI is InChI=1S/C18H23N3O3/c1-3-16-15-9-8-13(18(23)19-11-24-12(2)22)10-17(15)21(20-16)14-6-4-5-7-14/h8-10,14H,3-7,11H2,1-2H3,(H,19,23). The molecule has 0 saturated heterocycles. The lowest BCUT2D eigenvalue weighted by Gasteiger charge is -2.12. The number of nitrogens with zero attached hydrogens (tertiary/aromatic N) is 2. The fourth-order valence-electron chi connectivity index (χ4n) is 3.34. The number of hydrogen-bond acceptors (Lipinski definition) is 4. The van der Waals surface area contributed by atoms with Crippen molar-refractivity contribution in [2.24, 2.45) is 0 Å². The third-order valence-corrected chi connectivity index (χ3v) is 4.56. The zero-order valence-electron chi connectivity index (χ0n) is 14.2. The van der Waals surface area contributed by atoms with Gasteiger partial charge in [0.15, 0.2) is 6.73 Å². The number of benzene rings is 1. The van der Waals surface area contributed by atoms with Crippen molar-refractivity contribution < 1.29 is 14.3 Å². The number of amides is 1. The van der Waals surface area contributed by atoms with Crippen LogP contribution < -0.4 is 5.32 Å². The van der Waals surface area contributed by atoms with E-state index in [0.717, 1.165) is 35.9 Å². The maximum absolute atomic E-state index is 12.2. The van der Waals surface area contributed by atoms with Gasteiger partial charge in [0.1, 0.15) is 0 Å². The molecule has 1 saturated carbocycles. The highest BCUT2D eigenvalue weighted by molar-refractivity contribution is 5.98. The molecule has 6 heteroatoms. The van der Waals surface area contributed by atoms with E-state index in [1.54, 1.807) is 6.07 Å². The van der Waals surface area contributed by atoms with Gasteiger partial charge in [-0.15, -0.1) is 0 Å². The number of carbonyl (C=O) groups is 2. The fraction of sp³-hybridized carbons (Fsp3) is 0.500. The zero-order chi connectivity index (χ0) is 17.1. The van der Waals surface area contributed by atoms with Crippen LogP contribution in [0.4, 0.5) is 0 Å². The summed E-state index contributed by atoms with van der Waals surface area (Å²) in [7, 11) is 0. The van der Waals surface area contributed by atoms with Gasteiger partial charge in [-0.05, 0) is 31.4 Å². The second kappa shape index (κ2) is 7.03. The molecule has 1 aromatic heterocycles. The minimum Gasteiger partial charge on any atom is -0.445 e. The second-order valence-corrected chi connectivity index (χ2v) is 6.20. The van der Waals surface area contributed by atoms with E-state index in [-0.39, 0.29) is 12.6 Å². The van der Waals surface area contributed by atoms with E-state index in [1.165, 1.54) is 19.8 Å². The number of hydrogen-bond donors (Lipinski definition) is 1. The van der Waals surface area contributed by atoms with E-state index >= 15 is 0 Å². The molecule has 0 bridgehead atoms. The summed E-state index contributed by atoms with van der Waals surface area (Å²) in [4.78, 5) is 23.0. The van der Waals surface area contributed by atoms with Crippen molar-refractivity contribution >= 4 is 22.8 Å². The molecule has 0 radical (unpaired) electrons. The molecular weight excluding hydrogens is 306 g/mol. The SMILES string of the molecule is CCc1nn(C2CCCC2)c2cc(C(=O)NCOC(C)=O)ccc12. The Morgan fingerprint density at radius 3 is 2.75 bits per heavy atom. The molecule has 1 heterocycles. The molecule has 1 amide bonds. The Kier molecular flexibility index (Phi) is 4.83. The molecule has 6 nitrogen and oxygen atoms in total. The van der Waals surface area contributed by atoms with Crippen molar-refractivity contribution in [3.05, 3.63) is 29.5 Å². The highest BCUT2D eigenvalue weighted by atomic mass is 16.5. The van der Waals surface area contributed by atoms with E-state index < -0.39 is 5.97 Å². The van der Waals surface area contributed by atoms with Gasteiger partial charge in [-0.1, -0.05) is 25.8 Å². The van der Waals surface area contributed by atoms with Crippen molar-refractivity contribution in [3.8, 4) is 0 Å². The van der Waals surface area contributed by atoms with E-state index in [9.17, 15) is 9.59 Å². The minimum absolute atomic E-state index is 0.117. The molecule has 1 aliphatic carbocycles. The fourth-order valence-corrected chi connectivity index (χ4v) is 3.34. The Bertz CT molecular complexity index is 760. The predicted molar refractivity (Wildman–Crippen MR) is 90.7 cm³/mol. The molecule has 1 aromatic carbocycles. The van der Waals surface area contributed by atoms with E-state index in [0.29, 0.717) is 11.6 Å². The van der Waals surface area contributed by atoms with Crippen LogP contribution >= 0.6 is 0 Å². The van der Waals surface area contributed by atoms with Crippen molar-refractivity contribution in [1.82, 2.24) is 15.1 Å². The first-order valence-corrected chi connectivity index (χ1v) is 8.53. The van der Waals surface area contributed by atoms with Crippen LogP contribution in [0, 0.1) is 0 Å². The van der Waals surface area contributed by atoms with Gasteiger partial charge in [-0.2, -0.15) is 5.10 Å². The molecule has 0 unspecified atom stereocenters. The molecule has 0 aliphatic heterocycles. The summed E-state index contributed by atoms with van der Waals surface area (Å²) in [5.74, 6) is -0.673. The topological polar surface area (TPSA) is 73.2 Å². The highest BCUT2D eigenvalue weighted by Gasteiger charge is 2.22. The summed E-state index contributed by atoms with van der Waals surface area (Å²) >= 11 is 0. The van der Waals surface area contributed by atoms with Crippen LogP contribution in [0.1, 0.15) is 61.6 Å². The lowest BCUT2D eigenvalue weighted by Crippen LogP contribution is -2.27. The normalized spacial score (nSPS) is 14.9. The van der Waals surface area contributed by atoms with E-state index in [2.05, 4.69) is 16.9 Å². The molecule has 1 N–H and O–H groups in total. The number of carbonyl (C=O) groups excluding carboxylic acids is 2. The monoisotopic (exact) mass is 329 g/mol. The van der Waals surface area contributed by atoms with Crippen LogP contribution in [0.25, 0.3) is 10.9 Å². The van der Waals surface area contributed by atoms with Gasteiger partial charge < -0.3 is 10.1 Å². The van der Waals surface area contributed by atoms with Gasteiger partial charge in [0.05, 0.1) is 17.3 Å². The van der Waals surface area contributed by atoms with Gasteiger partial charge in [0, 0.05) is 17.9 Å². The quantitative estimate of drug-likeness (QED) is 0.676. The van der Waals surface area contributed by atoms with Crippen molar-refractivity contribution in [3.63, 3.8) is 0 Å². The van der Waals surface area contributed by atoms with Gasteiger partial charge >= 0.3 is 5.97 Å². The predicted octanol–water partition coefficient (Wildman–Crippen LogP) is 2.96. The van der Waals surface area contributed by atoms with Crippen LogP contribution in [0.3, 0.4) is 0 Å². The highest BCUT2D eigenvalue weighted by Crippen LogP contribution is 2.33. The number of nitrogens with one attached hydrogen (secondary N) is 1. The first kappa shape index (κ1) is 16.5. The third-order valence-electron chi connectivity index (χ3n) is 4.56.